The van der Waals surface area contributed by atoms with E-state index in [9.17, 15) is 14.4 Å². The lowest BCUT2D eigenvalue weighted by atomic mass is 10.3. The van der Waals surface area contributed by atoms with Crippen molar-refractivity contribution in [3.05, 3.63) is 0 Å². The molecular formula is C11H18N2O4S. The van der Waals surface area contributed by atoms with Crippen molar-refractivity contribution in [2.24, 2.45) is 0 Å². The Morgan fingerprint density at radius 1 is 1.50 bits per heavy atom. The molecule has 102 valence electrons. The Labute approximate surface area is 110 Å². The van der Waals surface area contributed by atoms with E-state index < -0.39 is 5.97 Å². The highest BCUT2D eigenvalue weighted by molar-refractivity contribution is 8.13. The Morgan fingerprint density at radius 3 is 2.72 bits per heavy atom. The summed E-state index contributed by atoms with van der Waals surface area (Å²) >= 11 is 1.25. The van der Waals surface area contributed by atoms with Crippen molar-refractivity contribution >= 4 is 28.9 Å². The highest BCUT2D eigenvalue weighted by atomic mass is 32.2. The molecule has 1 aliphatic heterocycles. The summed E-state index contributed by atoms with van der Waals surface area (Å²) in [6.45, 7) is 3.11. The molecule has 0 aromatic carbocycles. The van der Waals surface area contributed by atoms with Gasteiger partial charge in [-0.3, -0.25) is 14.4 Å². The third-order valence-corrected chi connectivity index (χ3v) is 3.50. The zero-order valence-corrected chi connectivity index (χ0v) is 11.2. The van der Waals surface area contributed by atoms with E-state index in [0.717, 1.165) is 12.2 Å². The minimum atomic E-state index is -1.01. The Balaban J connectivity index is 2.40. The van der Waals surface area contributed by atoms with Crippen molar-refractivity contribution in [3.8, 4) is 0 Å². The summed E-state index contributed by atoms with van der Waals surface area (Å²) in [6.07, 6.45) is 0.914. The van der Waals surface area contributed by atoms with Crippen LogP contribution in [0.1, 0.15) is 19.8 Å². The van der Waals surface area contributed by atoms with Crippen molar-refractivity contribution in [3.63, 3.8) is 0 Å². The minimum absolute atomic E-state index is 0.00285. The number of carbonyl (C=O) groups excluding carboxylic acids is 2. The normalized spacial score (nSPS) is 14.9. The number of carbonyl (C=O) groups is 3. The van der Waals surface area contributed by atoms with Gasteiger partial charge in [0.25, 0.3) is 5.24 Å². The van der Waals surface area contributed by atoms with E-state index in [1.165, 1.54) is 16.7 Å². The van der Waals surface area contributed by atoms with Crippen LogP contribution < -0.4 is 0 Å². The second-order valence-electron chi connectivity index (χ2n) is 4.06. The van der Waals surface area contributed by atoms with Crippen molar-refractivity contribution in [2.75, 3.05) is 31.9 Å². The lowest BCUT2D eigenvalue weighted by Gasteiger charge is -2.21. The van der Waals surface area contributed by atoms with E-state index in [1.54, 1.807) is 4.90 Å². The van der Waals surface area contributed by atoms with Crippen molar-refractivity contribution in [1.82, 2.24) is 9.80 Å². The fraction of sp³-hybridized carbons (Fsp3) is 0.727. The average molecular weight is 274 g/mol. The maximum atomic E-state index is 11.8. The molecular weight excluding hydrogens is 256 g/mol. The number of carboxylic acids is 1. The molecule has 7 heteroatoms. The van der Waals surface area contributed by atoms with Gasteiger partial charge in [0.2, 0.25) is 5.91 Å². The van der Waals surface area contributed by atoms with E-state index in [2.05, 4.69) is 0 Å². The van der Waals surface area contributed by atoms with Crippen LogP contribution in [0.5, 0.6) is 0 Å². The second-order valence-corrected chi connectivity index (χ2v) is 5.11. The third-order valence-electron chi connectivity index (χ3n) is 2.61. The lowest BCUT2D eigenvalue weighted by molar-refractivity contribution is -0.144. The van der Waals surface area contributed by atoms with Crippen LogP contribution in [0.3, 0.4) is 0 Å². The van der Waals surface area contributed by atoms with Crippen LogP contribution in [0.4, 0.5) is 4.79 Å². The highest BCUT2D eigenvalue weighted by Crippen LogP contribution is 2.17. The molecule has 0 radical (unpaired) electrons. The number of nitrogens with zero attached hydrogens (tertiary/aromatic N) is 2. The first-order valence-electron chi connectivity index (χ1n) is 5.96. The Kier molecular flexibility index (Phi) is 5.97. The molecule has 1 N–H and O–H groups in total. The molecule has 0 aromatic rings. The van der Waals surface area contributed by atoms with Gasteiger partial charge in [-0.25, -0.2) is 0 Å². The summed E-state index contributed by atoms with van der Waals surface area (Å²) < 4.78 is 0. The zero-order valence-electron chi connectivity index (χ0n) is 10.4. The van der Waals surface area contributed by atoms with E-state index >= 15 is 0 Å². The topological polar surface area (TPSA) is 77.9 Å². The van der Waals surface area contributed by atoms with E-state index in [-0.39, 0.29) is 24.1 Å². The molecule has 1 saturated heterocycles. The summed E-state index contributed by atoms with van der Waals surface area (Å²) in [4.78, 5) is 36.8. The standard InChI is InChI=1S/C11H18N2O4S/c1-2-4-13(8-10(15)16)9(14)3-5-12-6-7-18-11(12)17/h2-8H2,1H3,(H,15,16). The van der Waals surface area contributed by atoms with Crippen LogP contribution in [0.15, 0.2) is 0 Å². The van der Waals surface area contributed by atoms with Gasteiger partial charge in [-0.1, -0.05) is 18.7 Å². The summed E-state index contributed by atoms with van der Waals surface area (Å²) in [5, 5.41) is 8.72. The van der Waals surface area contributed by atoms with Gasteiger partial charge in [-0.05, 0) is 6.42 Å². The first-order chi connectivity index (χ1) is 8.54. The van der Waals surface area contributed by atoms with Crippen molar-refractivity contribution < 1.29 is 19.5 Å². The highest BCUT2D eigenvalue weighted by Gasteiger charge is 2.23. The van der Waals surface area contributed by atoms with Crippen LogP contribution in [-0.2, 0) is 9.59 Å². The number of hydrogen-bond acceptors (Lipinski definition) is 4. The Bertz CT molecular complexity index is 335. The van der Waals surface area contributed by atoms with E-state index in [0.29, 0.717) is 19.6 Å². The molecule has 0 atom stereocenters. The fourth-order valence-electron chi connectivity index (χ4n) is 1.74. The quantitative estimate of drug-likeness (QED) is 0.745. The second kappa shape index (κ2) is 7.25. The van der Waals surface area contributed by atoms with Gasteiger partial charge in [0, 0.05) is 31.8 Å². The maximum Gasteiger partial charge on any atom is 0.323 e. The summed E-state index contributed by atoms with van der Waals surface area (Å²) in [7, 11) is 0. The average Bonchev–Trinajstić information content (AvgIpc) is 2.70. The molecule has 1 heterocycles. The van der Waals surface area contributed by atoms with Gasteiger partial charge in [-0.15, -0.1) is 0 Å². The molecule has 0 aliphatic carbocycles. The van der Waals surface area contributed by atoms with Crippen molar-refractivity contribution in [1.29, 1.82) is 0 Å². The van der Waals surface area contributed by atoms with Crippen LogP contribution in [-0.4, -0.2) is 64.0 Å². The predicted molar refractivity (Wildman–Crippen MR) is 68.6 cm³/mol. The van der Waals surface area contributed by atoms with Crippen LogP contribution in [0.2, 0.25) is 0 Å². The van der Waals surface area contributed by atoms with E-state index in [1.807, 2.05) is 6.92 Å². The zero-order chi connectivity index (χ0) is 13.5. The molecule has 0 aromatic heterocycles. The van der Waals surface area contributed by atoms with Gasteiger partial charge in [0.1, 0.15) is 6.54 Å². The van der Waals surface area contributed by atoms with Gasteiger partial charge >= 0.3 is 5.97 Å². The SMILES string of the molecule is CCCN(CC(=O)O)C(=O)CCN1CCSC1=O. The molecule has 0 spiro atoms. The first kappa shape index (κ1) is 14.8. The number of aliphatic carboxylic acids is 1. The van der Waals surface area contributed by atoms with Gasteiger partial charge < -0.3 is 14.9 Å². The summed E-state index contributed by atoms with van der Waals surface area (Å²) in [6, 6.07) is 0. The molecule has 1 aliphatic rings. The summed E-state index contributed by atoms with van der Waals surface area (Å²) in [5.41, 5.74) is 0. The smallest absolute Gasteiger partial charge is 0.323 e. The number of hydrogen-bond donors (Lipinski definition) is 1. The number of amides is 2. The maximum absolute atomic E-state index is 11.8. The number of rotatable bonds is 7. The van der Waals surface area contributed by atoms with E-state index in [4.69, 9.17) is 5.11 Å². The summed E-state index contributed by atoms with van der Waals surface area (Å²) in [5.74, 6) is -0.450. The van der Waals surface area contributed by atoms with Gasteiger partial charge in [0.15, 0.2) is 0 Å². The predicted octanol–water partition coefficient (Wildman–Crippen LogP) is 0.869. The number of carboxylic acid groups (broad SMARTS) is 1. The molecule has 0 bridgehead atoms. The van der Waals surface area contributed by atoms with Crippen LogP contribution >= 0.6 is 11.8 Å². The molecule has 0 unspecified atom stereocenters. The molecule has 0 saturated carbocycles. The lowest BCUT2D eigenvalue weighted by Crippen LogP contribution is -2.38. The Morgan fingerprint density at radius 2 is 2.22 bits per heavy atom. The van der Waals surface area contributed by atoms with Crippen LogP contribution in [0, 0.1) is 0 Å². The van der Waals surface area contributed by atoms with Crippen LogP contribution in [0.25, 0.3) is 0 Å². The van der Waals surface area contributed by atoms with Gasteiger partial charge in [-0.2, -0.15) is 0 Å². The molecule has 6 nitrogen and oxygen atoms in total. The fourth-order valence-corrected chi connectivity index (χ4v) is 2.59. The monoisotopic (exact) mass is 274 g/mol. The molecule has 1 fully saturated rings. The van der Waals surface area contributed by atoms with Crippen molar-refractivity contribution in [2.45, 2.75) is 19.8 Å². The minimum Gasteiger partial charge on any atom is -0.480 e. The first-order valence-corrected chi connectivity index (χ1v) is 6.94. The molecule has 1 rings (SSSR count). The molecule has 2 amide bonds. The Hall–Kier alpha value is -1.24. The largest absolute Gasteiger partial charge is 0.480 e. The third kappa shape index (κ3) is 4.56. The molecule has 18 heavy (non-hydrogen) atoms. The van der Waals surface area contributed by atoms with Gasteiger partial charge in [0.05, 0.1) is 0 Å². The number of thioether (sulfide) groups is 1.